The molecule has 0 aliphatic heterocycles. The molecule has 0 saturated heterocycles. The summed E-state index contributed by atoms with van der Waals surface area (Å²) >= 11 is 0. The summed E-state index contributed by atoms with van der Waals surface area (Å²) in [6.45, 7) is 0. The molecule has 0 saturated carbocycles. The molecule has 1 aromatic carbocycles. The number of ether oxygens (including phenoxy) is 3. The van der Waals surface area contributed by atoms with Gasteiger partial charge in [-0.05, 0) is 6.07 Å². The van der Waals surface area contributed by atoms with Crippen LogP contribution in [0.2, 0.25) is 0 Å². The number of hydrogen-bond acceptors (Lipinski definition) is 7. The van der Waals surface area contributed by atoms with Gasteiger partial charge in [-0.3, -0.25) is 0 Å². The maximum atomic E-state index is 11.9. The number of hydrogen-bond donors (Lipinski definition) is 0. The molecule has 0 amide bonds. The van der Waals surface area contributed by atoms with Gasteiger partial charge >= 0.3 is 5.97 Å². The first-order valence-electron chi connectivity index (χ1n) is 6.50. The Hall–Kier alpha value is -3.40. The van der Waals surface area contributed by atoms with Crippen LogP contribution in [0.15, 0.2) is 42.9 Å². The molecule has 2 rings (SSSR count). The molecule has 2 aromatic rings. The van der Waals surface area contributed by atoms with Gasteiger partial charge in [-0.15, -0.1) is 0 Å². The highest BCUT2D eigenvalue weighted by atomic mass is 16.5. The number of carbonyl (C=O) groups excluding carboxylic acids is 1. The van der Waals surface area contributed by atoms with Gasteiger partial charge in [0.1, 0.15) is 29.4 Å². The molecule has 0 unspecified atom stereocenters. The molecule has 0 N–H and O–H groups in total. The van der Waals surface area contributed by atoms with E-state index in [4.69, 9.17) is 19.5 Å². The fraction of sp³-hybridized carbons (Fsp3) is 0.125. The number of nitrogens with zero attached hydrogens (tertiary/aromatic N) is 3. The van der Waals surface area contributed by atoms with E-state index in [9.17, 15) is 4.79 Å². The molecule has 0 aliphatic carbocycles. The summed E-state index contributed by atoms with van der Waals surface area (Å²) in [6.07, 6.45) is 2.50. The van der Waals surface area contributed by atoms with Crippen molar-refractivity contribution in [1.82, 2.24) is 9.97 Å². The van der Waals surface area contributed by atoms with Gasteiger partial charge in [0.2, 0.25) is 5.88 Å². The lowest BCUT2D eigenvalue weighted by Gasteiger charge is -2.11. The second kappa shape index (κ2) is 7.56. The number of aromatic nitrogens is 2. The van der Waals surface area contributed by atoms with Gasteiger partial charge in [0.25, 0.3) is 0 Å². The van der Waals surface area contributed by atoms with E-state index in [0.717, 1.165) is 0 Å². The zero-order valence-corrected chi connectivity index (χ0v) is 12.5. The third-order valence-corrected chi connectivity index (χ3v) is 2.79. The lowest BCUT2D eigenvalue weighted by molar-refractivity contribution is -0.133. The van der Waals surface area contributed by atoms with E-state index < -0.39 is 5.97 Å². The molecular formula is C16H13N3O4. The van der Waals surface area contributed by atoms with Gasteiger partial charge < -0.3 is 14.2 Å². The first-order valence-corrected chi connectivity index (χ1v) is 6.50. The first-order chi connectivity index (χ1) is 11.2. The molecule has 7 nitrogen and oxygen atoms in total. The van der Waals surface area contributed by atoms with Gasteiger partial charge in [-0.2, -0.15) is 5.26 Å². The molecule has 23 heavy (non-hydrogen) atoms. The molecule has 0 bridgehead atoms. The summed E-state index contributed by atoms with van der Waals surface area (Å²) in [4.78, 5) is 19.6. The van der Waals surface area contributed by atoms with Crippen LogP contribution in [0.5, 0.6) is 11.6 Å². The number of para-hydroxylation sites is 1. The van der Waals surface area contributed by atoms with Crippen LogP contribution in [0.1, 0.15) is 11.3 Å². The minimum absolute atomic E-state index is 0.174. The van der Waals surface area contributed by atoms with Crippen molar-refractivity contribution in [3.63, 3.8) is 0 Å². The van der Waals surface area contributed by atoms with Crippen molar-refractivity contribution in [3.8, 4) is 17.7 Å². The predicted octanol–water partition coefficient (Wildman–Crippen LogP) is 2.30. The van der Waals surface area contributed by atoms with Crippen molar-refractivity contribution in [2.75, 3.05) is 14.2 Å². The molecule has 7 heteroatoms. The van der Waals surface area contributed by atoms with Crippen LogP contribution in [-0.4, -0.2) is 30.2 Å². The van der Waals surface area contributed by atoms with Gasteiger partial charge in [-0.25, -0.2) is 14.8 Å². The minimum Gasteiger partial charge on any atom is -0.503 e. The Morgan fingerprint density at radius 1 is 1.26 bits per heavy atom. The van der Waals surface area contributed by atoms with Crippen molar-refractivity contribution in [2.24, 2.45) is 0 Å². The zero-order valence-electron chi connectivity index (χ0n) is 12.5. The van der Waals surface area contributed by atoms with Crippen molar-refractivity contribution >= 4 is 11.5 Å². The minimum atomic E-state index is -0.566. The van der Waals surface area contributed by atoms with Gasteiger partial charge in [-0.1, -0.05) is 18.2 Å². The fourth-order valence-corrected chi connectivity index (χ4v) is 1.80. The van der Waals surface area contributed by atoms with Gasteiger partial charge in [0, 0.05) is 11.6 Å². The second-order valence-electron chi connectivity index (χ2n) is 4.21. The highest BCUT2D eigenvalue weighted by molar-refractivity contribution is 6.17. The van der Waals surface area contributed by atoms with Crippen LogP contribution < -0.4 is 4.74 Å². The van der Waals surface area contributed by atoms with E-state index >= 15 is 0 Å². The van der Waals surface area contributed by atoms with Crippen LogP contribution in [-0.2, 0) is 14.3 Å². The SMILES string of the molecule is CO/C=C(/C(=O)OC)c1ccccc1Oc1cc(C#N)ncn1. The number of nitriles is 1. The Bertz CT molecular complexity index is 781. The average Bonchev–Trinajstić information content (AvgIpc) is 2.60. The third kappa shape index (κ3) is 3.83. The predicted molar refractivity (Wildman–Crippen MR) is 80.3 cm³/mol. The Morgan fingerprint density at radius 3 is 2.74 bits per heavy atom. The number of rotatable bonds is 5. The Kier molecular flexibility index (Phi) is 5.25. The summed E-state index contributed by atoms with van der Waals surface area (Å²) in [7, 11) is 2.70. The zero-order chi connectivity index (χ0) is 16.7. The maximum Gasteiger partial charge on any atom is 0.341 e. The fourth-order valence-electron chi connectivity index (χ4n) is 1.80. The number of carbonyl (C=O) groups is 1. The summed E-state index contributed by atoms with van der Waals surface area (Å²) in [5.74, 6) is -0.0160. The molecule has 1 heterocycles. The van der Waals surface area contributed by atoms with Crippen LogP contribution in [0, 0.1) is 11.3 Å². The highest BCUT2D eigenvalue weighted by Gasteiger charge is 2.18. The van der Waals surface area contributed by atoms with E-state index in [1.54, 1.807) is 24.3 Å². The first kappa shape index (κ1) is 16.0. The number of methoxy groups -OCH3 is 2. The van der Waals surface area contributed by atoms with Crippen LogP contribution in [0.25, 0.3) is 5.57 Å². The van der Waals surface area contributed by atoms with E-state index in [0.29, 0.717) is 11.3 Å². The van der Waals surface area contributed by atoms with Gasteiger partial charge in [0.15, 0.2) is 0 Å². The topological polar surface area (TPSA) is 94.3 Å². The van der Waals surface area contributed by atoms with E-state index in [2.05, 4.69) is 9.97 Å². The van der Waals surface area contributed by atoms with Crippen molar-refractivity contribution in [2.45, 2.75) is 0 Å². The summed E-state index contributed by atoms with van der Waals surface area (Å²) < 4.78 is 15.4. The molecule has 0 atom stereocenters. The second-order valence-corrected chi connectivity index (χ2v) is 4.21. The monoisotopic (exact) mass is 311 g/mol. The highest BCUT2D eigenvalue weighted by Crippen LogP contribution is 2.30. The molecule has 0 aliphatic rings. The Balaban J connectivity index is 2.42. The quantitative estimate of drug-likeness (QED) is 0.475. The Morgan fingerprint density at radius 2 is 2.04 bits per heavy atom. The van der Waals surface area contributed by atoms with Crippen molar-refractivity contribution in [3.05, 3.63) is 54.2 Å². The van der Waals surface area contributed by atoms with Gasteiger partial charge in [0.05, 0.1) is 20.5 Å². The number of esters is 1. The third-order valence-electron chi connectivity index (χ3n) is 2.79. The van der Waals surface area contributed by atoms with E-state index in [1.165, 1.54) is 32.9 Å². The standard InChI is InChI=1S/C16H13N3O4/c1-21-9-13(16(20)22-2)12-5-3-4-6-14(12)23-15-7-11(8-17)18-10-19-15/h3-7,9-10H,1-2H3/b13-9+. The summed E-state index contributed by atoms with van der Waals surface area (Å²) in [5, 5.41) is 8.86. The van der Waals surface area contributed by atoms with E-state index in [1.807, 2.05) is 6.07 Å². The number of benzene rings is 1. The van der Waals surface area contributed by atoms with Crippen LogP contribution in [0.3, 0.4) is 0 Å². The lowest BCUT2D eigenvalue weighted by atomic mass is 10.1. The average molecular weight is 311 g/mol. The van der Waals surface area contributed by atoms with Crippen molar-refractivity contribution < 1.29 is 19.0 Å². The molecule has 0 spiro atoms. The smallest absolute Gasteiger partial charge is 0.341 e. The molecule has 116 valence electrons. The molecule has 0 fully saturated rings. The lowest BCUT2D eigenvalue weighted by Crippen LogP contribution is -2.06. The van der Waals surface area contributed by atoms with Crippen molar-refractivity contribution in [1.29, 1.82) is 5.26 Å². The largest absolute Gasteiger partial charge is 0.503 e. The molecule has 1 aromatic heterocycles. The Labute approximate surface area is 132 Å². The summed E-state index contributed by atoms with van der Waals surface area (Å²) in [6, 6.07) is 10.1. The molecule has 0 radical (unpaired) electrons. The van der Waals surface area contributed by atoms with Crippen LogP contribution in [0.4, 0.5) is 0 Å². The summed E-state index contributed by atoms with van der Waals surface area (Å²) in [5.41, 5.74) is 0.839. The van der Waals surface area contributed by atoms with Crippen LogP contribution >= 0.6 is 0 Å². The van der Waals surface area contributed by atoms with E-state index in [-0.39, 0.29) is 17.1 Å². The maximum absolute atomic E-state index is 11.9. The molecular weight excluding hydrogens is 298 g/mol. The normalized spacial score (nSPS) is 10.6.